The second-order valence-corrected chi connectivity index (χ2v) is 5.00. The summed E-state index contributed by atoms with van der Waals surface area (Å²) in [7, 11) is 3.18. The minimum atomic E-state index is -0.409. The summed E-state index contributed by atoms with van der Waals surface area (Å²) in [6.07, 6.45) is 1.71. The quantitative estimate of drug-likeness (QED) is 0.737. The van der Waals surface area contributed by atoms with Crippen LogP contribution in [-0.4, -0.2) is 35.3 Å². The van der Waals surface area contributed by atoms with Gasteiger partial charge in [-0.25, -0.2) is 4.79 Å². The number of fused-ring (bicyclic) bond motifs is 1. The topological polar surface area (TPSA) is 94.9 Å². The molecule has 0 fully saturated rings. The molecule has 0 aliphatic rings. The second kappa shape index (κ2) is 5.58. The maximum Gasteiger partial charge on any atom is 0.332 e. The zero-order valence-corrected chi connectivity index (χ0v) is 11.9. The van der Waals surface area contributed by atoms with E-state index in [-0.39, 0.29) is 17.3 Å². The van der Waals surface area contributed by atoms with Gasteiger partial charge in [-0.15, -0.1) is 10.2 Å². The summed E-state index contributed by atoms with van der Waals surface area (Å²) >= 11 is 0. The molecule has 2 heterocycles. The van der Waals surface area contributed by atoms with Gasteiger partial charge in [0.25, 0.3) is 5.56 Å². The Labute approximate surface area is 115 Å². The van der Waals surface area contributed by atoms with Crippen LogP contribution in [0.3, 0.4) is 0 Å². The Morgan fingerprint density at radius 3 is 2.55 bits per heavy atom. The maximum atomic E-state index is 12.2. The van der Waals surface area contributed by atoms with Gasteiger partial charge < -0.3 is 5.11 Å². The van der Waals surface area contributed by atoms with E-state index in [0.29, 0.717) is 25.0 Å². The SMILES string of the molecule is CC(O)CCCCn1c(=O)c2nn(C)nc2n(C)c1=O. The van der Waals surface area contributed by atoms with Gasteiger partial charge in [-0.2, -0.15) is 4.80 Å². The molecule has 0 aliphatic heterocycles. The fraction of sp³-hybridized carbons (Fsp3) is 0.667. The predicted octanol–water partition coefficient (Wildman–Crippen LogP) is -0.620. The van der Waals surface area contributed by atoms with Crippen LogP contribution < -0.4 is 11.2 Å². The first kappa shape index (κ1) is 14.4. The van der Waals surface area contributed by atoms with E-state index in [9.17, 15) is 14.7 Å². The van der Waals surface area contributed by atoms with E-state index in [1.807, 2.05) is 0 Å². The highest BCUT2D eigenvalue weighted by molar-refractivity contribution is 5.67. The van der Waals surface area contributed by atoms with Crippen LogP contribution in [-0.2, 0) is 20.6 Å². The van der Waals surface area contributed by atoms with Crippen molar-refractivity contribution in [1.29, 1.82) is 0 Å². The number of aromatic nitrogens is 5. The number of aliphatic hydroxyl groups excluding tert-OH is 1. The van der Waals surface area contributed by atoms with Gasteiger partial charge >= 0.3 is 5.69 Å². The third kappa shape index (κ3) is 2.64. The highest BCUT2D eigenvalue weighted by Crippen LogP contribution is 2.02. The van der Waals surface area contributed by atoms with Gasteiger partial charge in [0, 0.05) is 20.6 Å². The summed E-state index contributed by atoms with van der Waals surface area (Å²) in [5.74, 6) is 0. The lowest BCUT2D eigenvalue weighted by atomic mass is 10.2. The molecule has 0 aromatic carbocycles. The molecule has 8 nitrogen and oxygen atoms in total. The van der Waals surface area contributed by atoms with Crippen LogP contribution in [0.5, 0.6) is 0 Å². The standard InChI is InChI=1S/C12H19N5O3/c1-8(18)6-4-5-7-17-11(19)9-10(14-16(3)13-9)15(2)12(17)20/h8,18H,4-7H2,1-3H3. The summed E-state index contributed by atoms with van der Waals surface area (Å²) in [4.78, 5) is 25.6. The summed E-state index contributed by atoms with van der Waals surface area (Å²) in [6, 6.07) is 0. The molecular weight excluding hydrogens is 262 g/mol. The molecule has 1 unspecified atom stereocenters. The fourth-order valence-electron chi connectivity index (χ4n) is 2.15. The van der Waals surface area contributed by atoms with E-state index in [0.717, 1.165) is 6.42 Å². The van der Waals surface area contributed by atoms with E-state index < -0.39 is 5.56 Å². The zero-order valence-electron chi connectivity index (χ0n) is 11.9. The van der Waals surface area contributed by atoms with Crippen LogP contribution in [0.15, 0.2) is 9.59 Å². The van der Waals surface area contributed by atoms with Crippen molar-refractivity contribution in [3.63, 3.8) is 0 Å². The molecule has 1 N–H and O–H groups in total. The van der Waals surface area contributed by atoms with Crippen molar-refractivity contribution in [3.05, 3.63) is 20.8 Å². The lowest BCUT2D eigenvalue weighted by Gasteiger charge is -2.07. The smallest absolute Gasteiger partial charge is 0.332 e. The molecule has 0 saturated heterocycles. The van der Waals surface area contributed by atoms with Crippen LogP contribution in [0.1, 0.15) is 26.2 Å². The molecule has 8 heteroatoms. The van der Waals surface area contributed by atoms with Crippen molar-refractivity contribution in [2.75, 3.05) is 0 Å². The zero-order chi connectivity index (χ0) is 14.9. The molecular formula is C12H19N5O3. The van der Waals surface area contributed by atoms with E-state index in [2.05, 4.69) is 10.2 Å². The predicted molar refractivity (Wildman–Crippen MR) is 73.5 cm³/mol. The normalized spacial score (nSPS) is 13.0. The fourth-order valence-corrected chi connectivity index (χ4v) is 2.15. The lowest BCUT2D eigenvalue weighted by Crippen LogP contribution is -2.39. The van der Waals surface area contributed by atoms with Crippen molar-refractivity contribution in [2.24, 2.45) is 14.1 Å². The molecule has 110 valence electrons. The summed E-state index contributed by atoms with van der Waals surface area (Å²) in [5.41, 5.74) is -0.304. The van der Waals surface area contributed by atoms with Gasteiger partial charge in [-0.05, 0) is 26.2 Å². The average molecular weight is 281 g/mol. The Balaban J connectivity index is 2.34. The average Bonchev–Trinajstić information content (AvgIpc) is 2.77. The molecule has 20 heavy (non-hydrogen) atoms. The van der Waals surface area contributed by atoms with Gasteiger partial charge in [0.1, 0.15) is 0 Å². The minimum Gasteiger partial charge on any atom is -0.393 e. The third-order valence-electron chi connectivity index (χ3n) is 3.23. The van der Waals surface area contributed by atoms with Gasteiger partial charge in [0.2, 0.25) is 0 Å². The molecule has 0 bridgehead atoms. The third-order valence-corrected chi connectivity index (χ3v) is 3.23. The summed E-state index contributed by atoms with van der Waals surface area (Å²) < 4.78 is 2.51. The Morgan fingerprint density at radius 1 is 1.20 bits per heavy atom. The van der Waals surface area contributed by atoms with Gasteiger partial charge in [0.15, 0.2) is 11.2 Å². The van der Waals surface area contributed by atoms with E-state index >= 15 is 0 Å². The largest absolute Gasteiger partial charge is 0.393 e. The highest BCUT2D eigenvalue weighted by atomic mass is 16.3. The van der Waals surface area contributed by atoms with Gasteiger partial charge in [-0.3, -0.25) is 13.9 Å². The lowest BCUT2D eigenvalue weighted by molar-refractivity contribution is 0.180. The summed E-state index contributed by atoms with van der Waals surface area (Å²) in [6.45, 7) is 2.04. The second-order valence-electron chi connectivity index (χ2n) is 5.00. The van der Waals surface area contributed by atoms with Crippen LogP contribution in [0.4, 0.5) is 0 Å². The Kier molecular flexibility index (Phi) is 4.03. The highest BCUT2D eigenvalue weighted by Gasteiger charge is 2.14. The molecule has 2 rings (SSSR count). The molecule has 0 aliphatic carbocycles. The van der Waals surface area contributed by atoms with Gasteiger partial charge in [0.05, 0.1) is 6.10 Å². The first-order chi connectivity index (χ1) is 9.41. The van der Waals surface area contributed by atoms with Crippen molar-refractivity contribution < 1.29 is 5.11 Å². The van der Waals surface area contributed by atoms with Crippen molar-refractivity contribution in [1.82, 2.24) is 24.1 Å². The molecule has 0 saturated carbocycles. The number of hydrogen-bond acceptors (Lipinski definition) is 5. The van der Waals surface area contributed by atoms with E-state index in [1.54, 1.807) is 21.0 Å². The number of aryl methyl sites for hydroxylation is 2. The van der Waals surface area contributed by atoms with Crippen LogP contribution >= 0.6 is 0 Å². The van der Waals surface area contributed by atoms with Crippen molar-refractivity contribution in [3.8, 4) is 0 Å². The number of rotatable bonds is 5. The Bertz CT molecular complexity index is 725. The van der Waals surface area contributed by atoms with Crippen molar-refractivity contribution >= 4 is 11.2 Å². The maximum absolute atomic E-state index is 12.2. The minimum absolute atomic E-state index is 0.199. The molecule has 0 spiro atoms. The number of nitrogens with zero attached hydrogens (tertiary/aromatic N) is 5. The van der Waals surface area contributed by atoms with Crippen LogP contribution in [0, 0.1) is 0 Å². The van der Waals surface area contributed by atoms with E-state index in [1.165, 1.54) is 13.9 Å². The van der Waals surface area contributed by atoms with Crippen LogP contribution in [0.2, 0.25) is 0 Å². The first-order valence-electron chi connectivity index (χ1n) is 6.60. The van der Waals surface area contributed by atoms with E-state index in [4.69, 9.17) is 0 Å². The number of hydrogen-bond donors (Lipinski definition) is 1. The number of aliphatic hydroxyl groups is 1. The molecule has 0 amide bonds. The Morgan fingerprint density at radius 2 is 1.90 bits per heavy atom. The van der Waals surface area contributed by atoms with Crippen molar-refractivity contribution in [2.45, 2.75) is 38.8 Å². The monoisotopic (exact) mass is 281 g/mol. The molecule has 2 aromatic rings. The molecule has 2 aromatic heterocycles. The molecule has 1 atom stereocenters. The molecule has 0 radical (unpaired) electrons. The Hall–Kier alpha value is -1.96. The van der Waals surface area contributed by atoms with Crippen LogP contribution in [0.25, 0.3) is 11.2 Å². The van der Waals surface area contributed by atoms with Gasteiger partial charge in [-0.1, -0.05) is 0 Å². The first-order valence-corrected chi connectivity index (χ1v) is 6.60. The number of unbranched alkanes of at least 4 members (excludes halogenated alkanes) is 1. The summed E-state index contributed by atoms with van der Waals surface area (Å²) in [5, 5.41) is 17.2.